The molecule has 1 heterocycles. The normalized spacial score (nSPS) is 10.4. The lowest BCUT2D eigenvalue weighted by Crippen LogP contribution is -1.95. The highest BCUT2D eigenvalue weighted by Gasteiger charge is 2.08. The van der Waals surface area contributed by atoms with Crippen LogP contribution in [0.15, 0.2) is 60.8 Å². The van der Waals surface area contributed by atoms with Crippen LogP contribution in [-0.2, 0) is 7.05 Å². The molecule has 0 atom stereocenters. The molecule has 0 aliphatic carbocycles. The summed E-state index contributed by atoms with van der Waals surface area (Å²) in [5.74, 6) is 1.61. The summed E-state index contributed by atoms with van der Waals surface area (Å²) in [6, 6.07) is 17.5. The van der Waals surface area contributed by atoms with Crippen LogP contribution in [0.2, 0.25) is 0 Å². The number of anilines is 1. The Morgan fingerprint density at radius 2 is 1.60 bits per heavy atom. The van der Waals surface area contributed by atoms with Gasteiger partial charge < -0.3 is 10.5 Å². The van der Waals surface area contributed by atoms with Crippen molar-refractivity contribution in [3.8, 4) is 22.8 Å². The number of hydrogen-bond acceptors (Lipinski definition) is 3. The smallest absolute Gasteiger partial charge is 0.127 e. The first-order valence-corrected chi connectivity index (χ1v) is 6.35. The van der Waals surface area contributed by atoms with Gasteiger partial charge in [0.25, 0.3) is 0 Å². The molecule has 0 radical (unpaired) electrons. The molecule has 2 N–H and O–H groups in total. The van der Waals surface area contributed by atoms with Crippen molar-refractivity contribution in [3.05, 3.63) is 60.8 Å². The number of rotatable bonds is 3. The molecule has 4 nitrogen and oxygen atoms in total. The lowest BCUT2D eigenvalue weighted by atomic mass is 10.1. The van der Waals surface area contributed by atoms with Gasteiger partial charge in [-0.25, -0.2) is 0 Å². The van der Waals surface area contributed by atoms with E-state index in [1.54, 1.807) is 10.9 Å². The second-order valence-corrected chi connectivity index (χ2v) is 4.51. The molecular weight excluding hydrogens is 250 g/mol. The minimum Gasteiger partial charge on any atom is -0.457 e. The Balaban J connectivity index is 1.85. The molecule has 0 saturated carbocycles. The minimum atomic E-state index is 0.671. The number of aryl methyl sites for hydroxylation is 1. The summed E-state index contributed by atoms with van der Waals surface area (Å²) in [6.07, 6.45) is 1.66. The minimum absolute atomic E-state index is 0.671. The Labute approximate surface area is 117 Å². The molecule has 0 saturated heterocycles. The fraction of sp³-hybridized carbons (Fsp3) is 0.0625. The van der Waals surface area contributed by atoms with Gasteiger partial charge in [-0.2, -0.15) is 5.10 Å². The van der Waals surface area contributed by atoms with E-state index in [4.69, 9.17) is 10.5 Å². The van der Waals surface area contributed by atoms with E-state index in [0.717, 1.165) is 22.8 Å². The first-order chi connectivity index (χ1) is 9.74. The second-order valence-electron chi connectivity index (χ2n) is 4.51. The fourth-order valence-electron chi connectivity index (χ4n) is 2.11. The van der Waals surface area contributed by atoms with Crippen molar-refractivity contribution in [2.24, 2.45) is 7.05 Å². The summed E-state index contributed by atoms with van der Waals surface area (Å²) in [5, 5.41) is 4.14. The molecule has 0 amide bonds. The quantitative estimate of drug-likeness (QED) is 0.789. The van der Waals surface area contributed by atoms with Crippen molar-refractivity contribution in [3.63, 3.8) is 0 Å². The Morgan fingerprint density at radius 1 is 0.950 bits per heavy atom. The number of ether oxygens (including phenoxy) is 1. The SMILES string of the molecule is Cn1ncc(N)c1-c1ccc(Oc2ccccc2)cc1. The van der Waals surface area contributed by atoms with Crippen LogP contribution in [0.5, 0.6) is 11.5 Å². The summed E-state index contributed by atoms with van der Waals surface area (Å²) >= 11 is 0. The number of hydrogen-bond donors (Lipinski definition) is 1. The van der Waals surface area contributed by atoms with E-state index >= 15 is 0 Å². The Kier molecular flexibility index (Phi) is 3.13. The van der Waals surface area contributed by atoms with Gasteiger partial charge in [0.15, 0.2) is 0 Å². The number of benzene rings is 2. The highest BCUT2D eigenvalue weighted by Crippen LogP contribution is 2.28. The zero-order valence-electron chi connectivity index (χ0n) is 11.2. The topological polar surface area (TPSA) is 53.1 Å². The maximum absolute atomic E-state index is 5.92. The number of nitrogen functional groups attached to an aromatic ring is 1. The molecule has 4 heteroatoms. The van der Waals surface area contributed by atoms with E-state index in [9.17, 15) is 0 Å². The van der Waals surface area contributed by atoms with E-state index in [-0.39, 0.29) is 0 Å². The summed E-state index contributed by atoms with van der Waals surface area (Å²) in [6.45, 7) is 0. The number of nitrogens with two attached hydrogens (primary N) is 1. The van der Waals surface area contributed by atoms with Crippen LogP contribution in [0.1, 0.15) is 0 Å². The van der Waals surface area contributed by atoms with Crippen molar-refractivity contribution >= 4 is 5.69 Å². The van der Waals surface area contributed by atoms with Crippen molar-refractivity contribution in [1.29, 1.82) is 0 Å². The molecule has 0 aliphatic rings. The molecular formula is C16H15N3O. The molecule has 3 rings (SSSR count). The fourth-order valence-corrected chi connectivity index (χ4v) is 2.11. The van der Waals surface area contributed by atoms with E-state index in [1.807, 2.05) is 61.6 Å². The van der Waals surface area contributed by atoms with Crippen molar-refractivity contribution in [1.82, 2.24) is 9.78 Å². The maximum atomic E-state index is 5.92. The Hall–Kier alpha value is -2.75. The zero-order chi connectivity index (χ0) is 13.9. The van der Waals surface area contributed by atoms with E-state index in [0.29, 0.717) is 5.69 Å². The third-order valence-corrected chi connectivity index (χ3v) is 3.07. The summed E-state index contributed by atoms with van der Waals surface area (Å²) in [4.78, 5) is 0. The van der Waals surface area contributed by atoms with Crippen molar-refractivity contribution < 1.29 is 4.74 Å². The summed E-state index contributed by atoms with van der Waals surface area (Å²) in [5.41, 5.74) is 8.52. The average Bonchev–Trinajstić information content (AvgIpc) is 2.81. The number of aromatic nitrogens is 2. The maximum Gasteiger partial charge on any atom is 0.127 e. The van der Waals surface area contributed by atoms with Crippen LogP contribution in [0.3, 0.4) is 0 Å². The number of nitrogens with zero attached hydrogens (tertiary/aromatic N) is 2. The summed E-state index contributed by atoms with van der Waals surface area (Å²) in [7, 11) is 1.88. The monoisotopic (exact) mass is 265 g/mol. The van der Waals surface area contributed by atoms with Gasteiger partial charge in [-0.1, -0.05) is 18.2 Å². The average molecular weight is 265 g/mol. The standard InChI is InChI=1S/C16H15N3O/c1-19-16(15(17)11-18-19)12-7-9-14(10-8-12)20-13-5-3-2-4-6-13/h2-11H,17H2,1H3. The van der Waals surface area contributed by atoms with Crippen molar-refractivity contribution in [2.45, 2.75) is 0 Å². The third kappa shape index (κ3) is 2.36. The van der Waals surface area contributed by atoms with Gasteiger partial charge in [0.2, 0.25) is 0 Å². The Morgan fingerprint density at radius 3 is 2.20 bits per heavy atom. The lowest BCUT2D eigenvalue weighted by molar-refractivity contribution is 0.483. The van der Waals surface area contributed by atoms with Gasteiger partial charge in [0.05, 0.1) is 17.6 Å². The molecule has 0 unspecified atom stereocenters. The highest BCUT2D eigenvalue weighted by molar-refractivity contribution is 5.72. The molecule has 0 fully saturated rings. The van der Waals surface area contributed by atoms with E-state index in [2.05, 4.69) is 5.10 Å². The van der Waals surface area contributed by atoms with Crippen LogP contribution in [0, 0.1) is 0 Å². The second kappa shape index (κ2) is 5.09. The van der Waals surface area contributed by atoms with Crippen molar-refractivity contribution in [2.75, 3.05) is 5.73 Å². The van der Waals surface area contributed by atoms with E-state index < -0.39 is 0 Å². The van der Waals surface area contributed by atoms with Gasteiger partial charge in [-0.05, 0) is 36.4 Å². The van der Waals surface area contributed by atoms with Crippen LogP contribution < -0.4 is 10.5 Å². The number of para-hydroxylation sites is 1. The summed E-state index contributed by atoms with van der Waals surface area (Å²) < 4.78 is 7.52. The Bertz CT molecular complexity index is 683. The van der Waals surface area contributed by atoms with Crippen LogP contribution in [-0.4, -0.2) is 9.78 Å². The highest BCUT2D eigenvalue weighted by atomic mass is 16.5. The third-order valence-electron chi connectivity index (χ3n) is 3.07. The zero-order valence-corrected chi connectivity index (χ0v) is 11.2. The van der Waals surface area contributed by atoms with Gasteiger partial charge >= 0.3 is 0 Å². The van der Waals surface area contributed by atoms with Gasteiger partial charge in [0, 0.05) is 12.6 Å². The molecule has 20 heavy (non-hydrogen) atoms. The van der Waals surface area contributed by atoms with Gasteiger partial charge in [-0.3, -0.25) is 4.68 Å². The predicted molar refractivity (Wildman–Crippen MR) is 79.6 cm³/mol. The first kappa shape index (κ1) is 12.3. The lowest BCUT2D eigenvalue weighted by Gasteiger charge is -2.07. The molecule has 100 valence electrons. The van der Waals surface area contributed by atoms with Gasteiger partial charge in [0.1, 0.15) is 11.5 Å². The van der Waals surface area contributed by atoms with Crippen LogP contribution in [0.4, 0.5) is 5.69 Å². The van der Waals surface area contributed by atoms with Gasteiger partial charge in [-0.15, -0.1) is 0 Å². The first-order valence-electron chi connectivity index (χ1n) is 6.35. The molecule has 0 bridgehead atoms. The van der Waals surface area contributed by atoms with Crippen LogP contribution >= 0.6 is 0 Å². The van der Waals surface area contributed by atoms with E-state index in [1.165, 1.54) is 0 Å². The molecule has 2 aromatic carbocycles. The predicted octanol–water partition coefficient (Wildman–Crippen LogP) is 3.46. The molecule has 3 aromatic rings. The molecule has 0 aliphatic heterocycles. The largest absolute Gasteiger partial charge is 0.457 e. The molecule has 0 spiro atoms. The molecule has 1 aromatic heterocycles. The van der Waals surface area contributed by atoms with Crippen LogP contribution in [0.25, 0.3) is 11.3 Å².